The van der Waals surface area contributed by atoms with Crippen LogP contribution in [0.3, 0.4) is 0 Å². The van der Waals surface area contributed by atoms with Crippen LogP contribution in [-0.2, 0) is 0 Å². The van der Waals surface area contributed by atoms with Gasteiger partial charge >= 0.3 is 0 Å². The van der Waals surface area contributed by atoms with Crippen LogP contribution in [-0.4, -0.2) is 10.7 Å². The van der Waals surface area contributed by atoms with Crippen molar-refractivity contribution < 1.29 is 4.74 Å². The number of fused-ring (bicyclic) bond motifs is 3. The average Bonchev–Trinajstić information content (AvgIpc) is 3.13. The Morgan fingerprint density at radius 2 is 1.81 bits per heavy atom. The van der Waals surface area contributed by atoms with Gasteiger partial charge in [0.1, 0.15) is 5.75 Å². The van der Waals surface area contributed by atoms with E-state index in [2.05, 4.69) is 45.2 Å². The molecule has 2 aliphatic heterocycles. The Morgan fingerprint density at radius 3 is 2.63 bits per heavy atom. The van der Waals surface area contributed by atoms with Crippen LogP contribution in [0.1, 0.15) is 35.4 Å². The van der Waals surface area contributed by atoms with Gasteiger partial charge in [0.25, 0.3) is 0 Å². The molecule has 0 aliphatic carbocycles. The van der Waals surface area contributed by atoms with Crippen molar-refractivity contribution in [3.8, 4) is 5.75 Å². The number of halogens is 2. The number of hydrazone groups is 1. The van der Waals surface area contributed by atoms with E-state index >= 15 is 0 Å². The van der Waals surface area contributed by atoms with Crippen molar-refractivity contribution in [2.75, 3.05) is 0 Å². The van der Waals surface area contributed by atoms with E-state index in [4.69, 9.17) is 21.4 Å². The zero-order chi connectivity index (χ0) is 18.4. The maximum Gasteiger partial charge on any atom is 0.213 e. The minimum Gasteiger partial charge on any atom is -0.464 e. The molecule has 27 heavy (non-hydrogen) atoms. The van der Waals surface area contributed by atoms with Crippen molar-refractivity contribution in [2.24, 2.45) is 5.10 Å². The van der Waals surface area contributed by atoms with Crippen LogP contribution in [0.15, 0.2) is 82.4 Å². The zero-order valence-corrected chi connectivity index (χ0v) is 16.7. The fourth-order valence-electron chi connectivity index (χ4n) is 3.73. The molecule has 0 amide bonds. The molecule has 3 aromatic carbocycles. The predicted octanol–water partition coefficient (Wildman–Crippen LogP) is 6.34. The zero-order valence-electron chi connectivity index (χ0n) is 14.3. The van der Waals surface area contributed by atoms with Crippen molar-refractivity contribution >= 4 is 33.2 Å². The minimum absolute atomic E-state index is 0.151. The highest BCUT2D eigenvalue weighted by molar-refractivity contribution is 9.10. The number of para-hydroxylation sites is 1. The maximum atomic E-state index is 6.34. The van der Waals surface area contributed by atoms with Crippen molar-refractivity contribution in [2.45, 2.75) is 18.7 Å². The standard InChI is InChI=1S/C22H16BrClN2O/c23-16-10-8-14(9-11-16)19-13-20-18-6-1-2-7-21(18)27-22(26(20)25-19)15-4-3-5-17(24)12-15/h1-12,20,22H,13H2/t20-,22+/m0/s1. The fraction of sp³-hybridized carbons (Fsp3) is 0.136. The fourth-order valence-corrected chi connectivity index (χ4v) is 4.19. The number of rotatable bonds is 2. The lowest BCUT2D eigenvalue weighted by atomic mass is 9.96. The number of hydrogen-bond donors (Lipinski definition) is 0. The first-order chi connectivity index (χ1) is 13.2. The Labute approximate surface area is 171 Å². The lowest BCUT2D eigenvalue weighted by Gasteiger charge is -2.38. The van der Waals surface area contributed by atoms with Gasteiger partial charge in [-0.15, -0.1) is 0 Å². The van der Waals surface area contributed by atoms with Gasteiger partial charge in [0.15, 0.2) is 0 Å². The summed E-state index contributed by atoms with van der Waals surface area (Å²) in [6.07, 6.45) is 0.551. The van der Waals surface area contributed by atoms with Crippen LogP contribution in [0.25, 0.3) is 0 Å². The summed E-state index contributed by atoms with van der Waals surface area (Å²) < 4.78 is 7.41. The maximum absolute atomic E-state index is 6.34. The van der Waals surface area contributed by atoms with Gasteiger partial charge in [-0.05, 0) is 35.9 Å². The van der Waals surface area contributed by atoms with Crippen LogP contribution >= 0.6 is 27.5 Å². The molecule has 0 saturated heterocycles. The van der Waals surface area contributed by atoms with Crippen LogP contribution in [0.4, 0.5) is 0 Å². The summed E-state index contributed by atoms with van der Waals surface area (Å²) in [5, 5.41) is 7.73. The molecular formula is C22H16BrClN2O. The third-order valence-electron chi connectivity index (χ3n) is 5.01. The number of nitrogens with zero attached hydrogens (tertiary/aromatic N) is 2. The van der Waals surface area contributed by atoms with Gasteiger partial charge in [0.2, 0.25) is 6.23 Å². The molecule has 0 saturated carbocycles. The minimum atomic E-state index is -0.295. The quantitative estimate of drug-likeness (QED) is 0.465. The van der Waals surface area contributed by atoms with E-state index in [0.717, 1.165) is 33.5 Å². The van der Waals surface area contributed by atoms with Crippen LogP contribution < -0.4 is 4.74 Å². The summed E-state index contributed by atoms with van der Waals surface area (Å²) in [5.41, 5.74) is 4.38. The first-order valence-corrected chi connectivity index (χ1v) is 9.99. The topological polar surface area (TPSA) is 24.8 Å². The predicted molar refractivity (Wildman–Crippen MR) is 111 cm³/mol. The summed E-state index contributed by atoms with van der Waals surface area (Å²) >= 11 is 9.73. The monoisotopic (exact) mass is 438 g/mol. The van der Waals surface area contributed by atoms with E-state index in [1.807, 2.05) is 48.5 Å². The SMILES string of the molecule is Clc1cccc([C@H]2Oc3ccccc3[C@@H]3CC(c4ccc(Br)cc4)=NN23)c1. The molecule has 2 aliphatic rings. The molecule has 0 N–H and O–H groups in total. The second kappa shape index (κ2) is 6.70. The van der Waals surface area contributed by atoms with E-state index in [9.17, 15) is 0 Å². The van der Waals surface area contributed by atoms with Gasteiger partial charge in [-0.25, -0.2) is 5.01 Å². The van der Waals surface area contributed by atoms with E-state index in [0.29, 0.717) is 5.02 Å². The van der Waals surface area contributed by atoms with Crippen molar-refractivity contribution in [3.05, 3.63) is 99.0 Å². The van der Waals surface area contributed by atoms with Crippen molar-refractivity contribution in [3.63, 3.8) is 0 Å². The van der Waals surface area contributed by atoms with Gasteiger partial charge in [0, 0.05) is 27.0 Å². The molecule has 3 nitrogen and oxygen atoms in total. The summed E-state index contributed by atoms with van der Waals surface area (Å²) in [4.78, 5) is 0. The lowest BCUT2D eigenvalue weighted by molar-refractivity contribution is -0.0190. The Kier molecular flexibility index (Phi) is 4.18. The molecule has 3 aromatic rings. The highest BCUT2D eigenvalue weighted by Gasteiger charge is 2.40. The van der Waals surface area contributed by atoms with Crippen molar-refractivity contribution in [1.82, 2.24) is 5.01 Å². The molecule has 0 radical (unpaired) electrons. The Balaban J connectivity index is 1.60. The number of benzene rings is 3. The van der Waals surface area contributed by atoms with E-state index in [-0.39, 0.29) is 12.3 Å². The van der Waals surface area contributed by atoms with Crippen LogP contribution in [0, 0.1) is 0 Å². The van der Waals surface area contributed by atoms with Crippen LogP contribution in [0.5, 0.6) is 5.75 Å². The van der Waals surface area contributed by atoms with Gasteiger partial charge < -0.3 is 4.74 Å². The normalized spacial score (nSPS) is 20.5. The smallest absolute Gasteiger partial charge is 0.213 e. The molecule has 0 bridgehead atoms. The lowest BCUT2D eigenvalue weighted by Crippen LogP contribution is -2.33. The second-order valence-electron chi connectivity index (χ2n) is 6.72. The first kappa shape index (κ1) is 16.8. The Bertz CT molecular complexity index is 1030. The third kappa shape index (κ3) is 3.03. The molecule has 0 fully saturated rings. The van der Waals surface area contributed by atoms with Gasteiger partial charge in [-0.2, -0.15) is 5.10 Å². The molecule has 2 heterocycles. The molecular weight excluding hydrogens is 424 g/mol. The first-order valence-electron chi connectivity index (χ1n) is 8.82. The highest BCUT2D eigenvalue weighted by Crippen LogP contribution is 2.47. The molecule has 2 atom stereocenters. The number of ether oxygens (including phenoxy) is 1. The average molecular weight is 440 g/mol. The van der Waals surface area contributed by atoms with E-state index in [1.165, 1.54) is 5.56 Å². The summed E-state index contributed by atoms with van der Waals surface area (Å²) in [5.74, 6) is 0.913. The van der Waals surface area contributed by atoms with Gasteiger partial charge in [0.05, 0.1) is 11.8 Å². The molecule has 134 valence electrons. The molecule has 0 aromatic heterocycles. The van der Waals surface area contributed by atoms with E-state index < -0.39 is 0 Å². The molecule has 5 heteroatoms. The largest absolute Gasteiger partial charge is 0.464 e. The Morgan fingerprint density at radius 1 is 1.00 bits per heavy atom. The molecule has 0 unspecified atom stereocenters. The summed E-state index contributed by atoms with van der Waals surface area (Å²) in [6.45, 7) is 0. The third-order valence-corrected chi connectivity index (χ3v) is 5.77. The van der Waals surface area contributed by atoms with E-state index in [1.54, 1.807) is 0 Å². The number of hydrogen-bond acceptors (Lipinski definition) is 3. The van der Waals surface area contributed by atoms with Crippen molar-refractivity contribution in [1.29, 1.82) is 0 Å². The summed E-state index contributed by atoms with van der Waals surface area (Å²) in [6, 6.07) is 24.5. The highest BCUT2D eigenvalue weighted by atomic mass is 79.9. The molecule has 5 rings (SSSR count). The van der Waals surface area contributed by atoms with Crippen LogP contribution in [0.2, 0.25) is 5.02 Å². The van der Waals surface area contributed by atoms with Gasteiger partial charge in [-0.3, -0.25) is 0 Å². The second-order valence-corrected chi connectivity index (χ2v) is 8.07. The Hall–Kier alpha value is -2.30. The van der Waals surface area contributed by atoms with Gasteiger partial charge in [-0.1, -0.05) is 70.0 Å². The summed E-state index contributed by atoms with van der Waals surface area (Å²) in [7, 11) is 0. The molecule has 0 spiro atoms.